The molecule has 50 heavy (non-hydrogen) atoms. The standard InChI is InChI=1S/C40H26Cl2N4O4/c41-27-17-9-21-31(45-39(49)23-11-3-1-4-12-23)35(27)43-29-19-7-15-25-33(29)37(47)26-16-8-20-30(34(26)38(25)48)44-36-28(42)18-10-22-32(36)46-40(50)24-13-5-2-6-14-24/h1-22,43-44H,(H,45,49)(H,46,50). The lowest BCUT2D eigenvalue weighted by atomic mass is 9.82. The number of anilines is 6. The number of rotatable bonds is 8. The summed E-state index contributed by atoms with van der Waals surface area (Å²) in [6.45, 7) is 0. The van der Waals surface area contributed by atoms with E-state index in [9.17, 15) is 19.2 Å². The molecule has 1 aliphatic carbocycles. The van der Waals surface area contributed by atoms with Gasteiger partial charge in [-0.1, -0.05) is 96.0 Å². The van der Waals surface area contributed by atoms with Crippen molar-refractivity contribution in [1.29, 1.82) is 0 Å². The summed E-state index contributed by atoms with van der Waals surface area (Å²) >= 11 is 13.2. The highest BCUT2D eigenvalue weighted by Crippen LogP contribution is 2.41. The molecule has 0 fully saturated rings. The molecule has 0 spiro atoms. The van der Waals surface area contributed by atoms with Crippen LogP contribution in [0.4, 0.5) is 34.1 Å². The first-order chi connectivity index (χ1) is 24.3. The molecule has 0 aromatic heterocycles. The largest absolute Gasteiger partial charge is 0.352 e. The Balaban J connectivity index is 1.22. The summed E-state index contributed by atoms with van der Waals surface area (Å²) in [5.41, 5.74) is 3.78. The maximum atomic E-state index is 14.2. The quantitative estimate of drug-likeness (QED) is 0.126. The predicted molar refractivity (Wildman–Crippen MR) is 198 cm³/mol. The van der Waals surface area contributed by atoms with Crippen LogP contribution in [0.25, 0.3) is 0 Å². The first-order valence-corrected chi connectivity index (χ1v) is 16.2. The van der Waals surface area contributed by atoms with Crippen molar-refractivity contribution in [3.05, 3.63) is 177 Å². The summed E-state index contributed by atoms with van der Waals surface area (Å²) in [5, 5.41) is 12.8. The molecule has 0 heterocycles. The van der Waals surface area contributed by atoms with Crippen molar-refractivity contribution in [2.45, 2.75) is 0 Å². The van der Waals surface area contributed by atoms with Crippen molar-refractivity contribution in [3.63, 3.8) is 0 Å². The second-order valence-electron chi connectivity index (χ2n) is 11.3. The van der Waals surface area contributed by atoms with Gasteiger partial charge in [0.05, 0.1) is 55.3 Å². The van der Waals surface area contributed by atoms with Crippen molar-refractivity contribution in [1.82, 2.24) is 0 Å². The van der Waals surface area contributed by atoms with Crippen LogP contribution >= 0.6 is 23.2 Å². The van der Waals surface area contributed by atoms with Crippen LogP contribution in [0.3, 0.4) is 0 Å². The lowest BCUT2D eigenvalue weighted by Crippen LogP contribution is -2.23. The van der Waals surface area contributed by atoms with Crippen molar-refractivity contribution in [3.8, 4) is 0 Å². The molecule has 7 rings (SSSR count). The molecule has 1 aliphatic rings. The molecule has 8 nitrogen and oxygen atoms in total. The minimum Gasteiger partial charge on any atom is -0.352 e. The molecule has 0 saturated heterocycles. The highest BCUT2D eigenvalue weighted by atomic mass is 35.5. The Kier molecular flexibility index (Phi) is 8.87. The number of halogens is 2. The van der Waals surface area contributed by atoms with Gasteiger partial charge in [0, 0.05) is 22.3 Å². The number of ketones is 2. The van der Waals surface area contributed by atoms with Crippen LogP contribution in [0.1, 0.15) is 52.6 Å². The van der Waals surface area contributed by atoms with Crippen LogP contribution in [-0.4, -0.2) is 23.4 Å². The van der Waals surface area contributed by atoms with E-state index < -0.39 is 0 Å². The fourth-order valence-corrected chi connectivity index (χ4v) is 6.24. The zero-order valence-corrected chi connectivity index (χ0v) is 27.6. The second-order valence-corrected chi connectivity index (χ2v) is 12.1. The third-order valence-corrected chi connectivity index (χ3v) is 8.82. The van der Waals surface area contributed by atoms with Gasteiger partial charge in [0.15, 0.2) is 11.6 Å². The van der Waals surface area contributed by atoms with Crippen LogP contribution in [-0.2, 0) is 0 Å². The molecule has 0 saturated carbocycles. The van der Waals surface area contributed by atoms with E-state index in [1.54, 1.807) is 121 Å². The number of para-hydroxylation sites is 2. The van der Waals surface area contributed by atoms with Gasteiger partial charge < -0.3 is 21.3 Å². The normalized spacial score (nSPS) is 11.6. The molecule has 10 heteroatoms. The van der Waals surface area contributed by atoms with Crippen LogP contribution in [0.2, 0.25) is 10.0 Å². The van der Waals surface area contributed by atoms with E-state index in [4.69, 9.17) is 23.2 Å². The summed E-state index contributed by atoms with van der Waals surface area (Å²) in [6.07, 6.45) is 0. The Morgan fingerprint density at radius 1 is 0.420 bits per heavy atom. The highest BCUT2D eigenvalue weighted by molar-refractivity contribution is 6.36. The van der Waals surface area contributed by atoms with Crippen molar-refractivity contribution in [2.24, 2.45) is 0 Å². The van der Waals surface area contributed by atoms with Gasteiger partial charge in [0.2, 0.25) is 0 Å². The summed E-state index contributed by atoms with van der Waals surface area (Å²) in [5.74, 6) is -1.46. The second kappa shape index (κ2) is 13.7. The summed E-state index contributed by atoms with van der Waals surface area (Å²) in [7, 11) is 0. The van der Waals surface area contributed by atoms with Crippen LogP contribution < -0.4 is 21.3 Å². The minimum absolute atomic E-state index is 0.163. The van der Waals surface area contributed by atoms with Crippen LogP contribution in [0.5, 0.6) is 0 Å². The van der Waals surface area contributed by atoms with E-state index in [0.29, 0.717) is 55.3 Å². The molecular formula is C40H26Cl2N4O4. The van der Waals surface area contributed by atoms with Gasteiger partial charge >= 0.3 is 0 Å². The van der Waals surface area contributed by atoms with E-state index in [1.807, 2.05) is 12.1 Å². The third kappa shape index (κ3) is 6.21. The molecule has 244 valence electrons. The van der Waals surface area contributed by atoms with Gasteiger partial charge in [0.1, 0.15) is 0 Å². The number of hydrogen-bond donors (Lipinski definition) is 4. The topological polar surface area (TPSA) is 116 Å². The average molecular weight is 698 g/mol. The first-order valence-electron chi connectivity index (χ1n) is 15.5. The Morgan fingerprint density at radius 2 is 0.780 bits per heavy atom. The van der Waals surface area contributed by atoms with E-state index in [0.717, 1.165) is 0 Å². The van der Waals surface area contributed by atoms with E-state index in [2.05, 4.69) is 21.3 Å². The molecule has 0 radical (unpaired) electrons. The van der Waals surface area contributed by atoms with Crippen LogP contribution in [0.15, 0.2) is 133 Å². The zero-order chi connectivity index (χ0) is 34.8. The molecule has 0 unspecified atom stereocenters. The van der Waals surface area contributed by atoms with Crippen molar-refractivity contribution in [2.75, 3.05) is 21.3 Å². The number of benzene rings is 6. The average Bonchev–Trinajstić information content (AvgIpc) is 3.14. The van der Waals surface area contributed by atoms with E-state index in [-0.39, 0.29) is 45.6 Å². The number of amides is 2. The van der Waals surface area contributed by atoms with E-state index >= 15 is 0 Å². The Labute approximate surface area is 297 Å². The molecule has 0 bridgehead atoms. The maximum absolute atomic E-state index is 14.2. The Hall–Kier alpha value is -6.22. The molecule has 6 aromatic rings. The smallest absolute Gasteiger partial charge is 0.255 e. The molecule has 6 aromatic carbocycles. The highest BCUT2D eigenvalue weighted by Gasteiger charge is 2.34. The van der Waals surface area contributed by atoms with Gasteiger partial charge in [-0.15, -0.1) is 0 Å². The van der Waals surface area contributed by atoms with Crippen molar-refractivity contribution >= 4 is 80.7 Å². The molecule has 4 N–H and O–H groups in total. The molecular weight excluding hydrogens is 671 g/mol. The van der Waals surface area contributed by atoms with E-state index in [1.165, 1.54) is 0 Å². The Morgan fingerprint density at radius 3 is 1.18 bits per heavy atom. The lowest BCUT2D eigenvalue weighted by molar-refractivity contribution is 0.0980. The van der Waals surface area contributed by atoms with Gasteiger partial charge in [-0.25, -0.2) is 0 Å². The van der Waals surface area contributed by atoms with Crippen LogP contribution in [0, 0.1) is 0 Å². The van der Waals surface area contributed by atoms with Gasteiger partial charge in [-0.2, -0.15) is 0 Å². The predicted octanol–water partition coefficient (Wildman–Crippen LogP) is 9.76. The summed E-state index contributed by atoms with van der Waals surface area (Å²) < 4.78 is 0. The van der Waals surface area contributed by atoms with Gasteiger partial charge in [-0.05, 0) is 60.7 Å². The molecule has 0 aliphatic heterocycles. The monoisotopic (exact) mass is 696 g/mol. The summed E-state index contributed by atoms with van der Waals surface area (Å²) in [6, 6.07) is 37.4. The Bertz CT molecular complexity index is 2160. The van der Waals surface area contributed by atoms with Crippen molar-refractivity contribution < 1.29 is 19.2 Å². The molecule has 2 amide bonds. The maximum Gasteiger partial charge on any atom is 0.255 e. The first kappa shape index (κ1) is 32.3. The SMILES string of the molecule is O=C(Nc1cccc(Cl)c1Nc1cccc2c1C(=O)c1cccc(Nc3c(Cl)cccc3NC(=O)c3ccccc3)c1C2=O)c1ccccc1. The summed E-state index contributed by atoms with van der Waals surface area (Å²) in [4.78, 5) is 54.5. The minimum atomic E-state index is -0.389. The zero-order valence-electron chi connectivity index (χ0n) is 26.1. The van der Waals surface area contributed by atoms with Gasteiger partial charge in [-0.3, -0.25) is 19.2 Å². The fourth-order valence-electron chi connectivity index (χ4n) is 5.80. The number of hydrogen-bond acceptors (Lipinski definition) is 6. The third-order valence-electron chi connectivity index (χ3n) is 8.19. The number of carbonyl (C=O) groups excluding carboxylic acids is 4. The molecule has 0 atom stereocenters. The fraction of sp³-hybridized carbons (Fsp3) is 0. The number of nitrogens with one attached hydrogen (secondary N) is 4. The van der Waals surface area contributed by atoms with Gasteiger partial charge in [0.25, 0.3) is 11.8 Å². The number of fused-ring (bicyclic) bond motifs is 2. The number of carbonyl (C=O) groups is 4. The lowest BCUT2D eigenvalue weighted by Gasteiger charge is -2.24.